The van der Waals surface area contributed by atoms with Crippen LogP contribution in [0.15, 0.2) is 12.4 Å². The van der Waals surface area contributed by atoms with Gasteiger partial charge in [-0.3, -0.25) is 14.5 Å². The molecule has 0 unspecified atom stereocenters. The van der Waals surface area contributed by atoms with Gasteiger partial charge in [-0.15, -0.1) is 0 Å². The van der Waals surface area contributed by atoms with Crippen molar-refractivity contribution in [2.45, 2.75) is 39.3 Å². The molecule has 0 spiro atoms. The lowest BCUT2D eigenvalue weighted by atomic mass is 9.99. The lowest BCUT2D eigenvalue weighted by Crippen LogP contribution is -2.41. The summed E-state index contributed by atoms with van der Waals surface area (Å²) >= 11 is 0. The average Bonchev–Trinajstić information content (AvgIpc) is 3.07. The highest BCUT2D eigenvalue weighted by Gasteiger charge is 2.41. The van der Waals surface area contributed by atoms with E-state index in [1.807, 2.05) is 41.6 Å². The van der Waals surface area contributed by atoms with Crippen LogP contribution in [-0.2, 0) is 16.6 Å². The van der Waals surface area contributed by atoms with Crippen molar-refractivity contribution in [1.82, 2.24) is 24.7 Å². The van der Waals surface area contributed by atoms with E-state index in [1.54, 1.807) is 6.20 Å². The molecule has 1 aliphatic rings. The van der Waals surface area contributed by atoms with Crippen LogP contribution in [0.5, 0.6) is 0 Å². The van der Waals surface area contributed by atoms with Gasteiger partial charge in [0.15, 0.2) is 0 Å². The van der Waals surface area contributed by atoms with E-state index >= 15 is 0 Å². The molecule has 2 heterocycles. The maximum absolute atomic E-state index is 12.3. The van der Waals surface area contributed by atoms with Crippen LogP contribution >= 0.6 is 0 Å². The van der Waals surface area contributed by atoms with Crippen molar-refractivity contribution in [2.24, 2.45) is 13.0 Å². The Hall–Kier alpha value is -1.89. The van der Waals surface area contributed by atoms with E-state index in [0.717, 1.165) is 5.82 Å². The van der Waals surface area contributed by atoms with Gasteiger partial charge in [-0.25, -0.2) is 4.98 Å². The normalized spacial score (nSPS) is 21.1. The SMILES string of the molecule is CCN1C(=O)C[C@@H](CNC(=O)CN(C)C(C)C)[C@@H]1c1nccn1C. The summed E-state index contributed by atoms with van der Waals surface area (Å²) in [5, 5.41) is 2.99. The van der Waals surface area contributed by atoms with Crippen LogP contribution in [-0.4, -0.2) is 63.9 Å². The molecule has 0 saturated carbocycles. The van der Waals surface area contributed by atoms with Crippen molar-refractivity contribution < 1.29 is 9.59 Å². The topological polar surface area (TPSA) is 70.5 Å². The van der Waals surface area contributed by atoms with Gasteiger partial charge in [-0.1, -0.05) is 0 Å². The number of hydrogen-bond donors (Lipinski definition) is 1. The molecule has 7 heteroatoms. The zero-order valence-electron chi connectivity index (χ0n) is 15.3. The highest BCUT2D eigenvalue weighted by Crippen LogP contribution is 2.36. The molecule has 134 valence electrons. The number of amides is 2. The average molecular weight is 335 g/mol. The standard InChI is InChI=1S/C17H29N5O2/c1-6-22-15(24)9-13(16(22)17-18-7-8-20(17)4)10-19-14(23)11-21(5)12(2)3/h7-8,12-13,16H,6,9-11H2,1-5H3,(H,19,23)/t13-,16+/m0/s1. The predicted octanol–water partition coefficient (Wildman–Crippen LogP) is 0.786. The second kappa shape index (κ2) is 7.79. The number of nitrogens with zero attached hydrogens (tertiary/aromatic N) is 4. The number of nitrogens with one attached hydrogen (secondary N) is 1. The van der Waals surface area contributed by atoms with Gasteiger partial charge in [-0.05, 0) is 27.8 Å². The van der Waals surface area contributed by atoms with Crippen molar-refractivity contribution in [3.8, 4) is 0 Å². The molecule has 7 nitrogen and oxygen atoms in total. The number of carbonyl (C=O) groups is 2. The van der Waals surface area contributed by atoms with Crippen LogP contribution in [0.3, 0.4) is 0 Å². The Labute approximate surface area is 144 Å². The van der Waals surface area contributed by atoms with E-state index in [9.17, 15) is 9.59 Å². The zero-order chi connectivity index (χ0) is 17.9. The van der Waals surface area contributed by atoms with Gasteiger partial charge < -0.3 is 14.8 Å². The smallest absolute Gasteiger partial charge is 0.234 e. The summed E-state index contributed by atoms with van der Waals surface area (Å²) in [7, 11) is 3.87. The number of carbonyl (C=O) groups excluding carboxylic acids is 2. The van der Waals surface area contributed by atoms with Gasteiger partial charge in [-0.2, -0.15) is 0 Å². The van der Waals surface area contributed by atoms with Crippen LogP contribution in [0, 0.1) is 5.92 Å². The number of aryl methyl sites for hydroxylation is 1. The van der Waals surface area contributed by atoms with E-state index in [-0.39, 0.29) is 23.8 Å². The van der Waals surface area contributed by atoms with Crippen LogP contribution < -0.4 is 5.32 Å². The van der Waals surface area contributed by atoms with Gasteiger partial charge in [0.2, 0.25) is 11.8 Å². The Balaban J connectivity index is 2.04. The van der Waals surface area contributed by atoms with Crippen LogP contribution in [0.2, 0.25) is 0 Å². The minimum atomic E-state index is -0.0781. The molecule has 0 aliphatic carbocycles. The van der Waals surface area contributed by atoms with E-state index < -0.39 is 0 Å². The summed E-state index contributed by atoms with van der Waals surface area (Å²) in [6, 6.07) is 0.241. The molecule has 24 heavy (non-hydrogen) atoms. The molecule has 1 fully saturated rings. The molecule has 0 bridgehead atoms. The van der Waals surface area contributed by atoms with Gasteiger partial charge in [0.1, 0.15) is 5.82 Å². The lowest BCUT2D eigenvalue weighted by Gasteiger charge is -2.27. The van der Waals surface area contributed by atoms with Crippen molar-refractivity contribution in [2.75, 3.05) is 26.7 Å². The first kappa shape index (κ1) is 18.4. The van der Waals surface area contributed by atoms with Crippen molar-refractivity contribution >= 4 is 11.8 Å². The van der Waals surface area contributed by atoms with Crippen LogP contribution in [0.4, 0.5) is 0 Å². The molecule has 2 atom stereocenters. The highest BCUT2D eigenvalue weighted by molar-refractivity contribution is 5.80. The highest BCUT2D eigenvalue weighted by atomic mass is 16.2. The largest absolute Gasteiger partial charge is 0.355 e. The number of hydrogen-bond acceptors (Lipinski definition) is 4. The molecule has 0 aromatic carbocycles. The fourth-order valence-electron chi connectivity index (χ4n) is 3.14. The van der Waals surface area contributed by atoms with Gasteiger partial charge >= 0.3 is 0 Å². The quantitative estimate of drug-likeness (QED) is 0.800. The summed E-state index contributed by atoms with van der Waals surface area (Å²) in [6.45, 7) is 7.59. The summed E-state index contributed by atoms with van der Waals surface area (Å²) in [6.07, 6.45) is 4.09. The number of likely N-dealkylation sites (N-methyl/N-ethyl adjacent to an activating group) is 1. The van der Waals surface area contributed by atoms with E-state index in [0.29, 0.717) is 32.1 Å². The van der Waals surface area contributed by atoms with Gasteiger partial charge in [0.05, 0.1) is 12.6 Å². The third kappa shape index (κ3) is 3.95. The summed E-state index contributed by atoms with van der Waals surface area (Å²) in [4.78, 5) is 32.7. The minimum absolute atomic E-state index is 0.00723. The van der Waals surface area contributed by atoms with E-state index in [4.69, 9.17) is 0 Å². The number of likely N-dealkylation sites (tertiary alicyclic amines) is 1. The third-order valence-electron chi connectivity index (χ3n) is 4.84. The summed E-state index contributed by atoms with van der Waals surface area (Å²) in [5.41, 5.74) is 0. The maximum atomic E-state index is 12.3. The Kier molecular flexibility index (Phi) is 5.99. The minimum Gasteiger partial charge on any atom is -0.355 e. The fourth-order valence-corrected chi connectivity index (χ4v) is 3.14. The Morgan fingerprint density at radius 1 is 1.50 bits per heavy atom. The zero-order valence-corrected chi connectivity index (χ0v) is 15.3. The predicted molar refractivity (Wildman–Crippen MR) is 92.2 cm³/mol. The molecule has 1 N–H and O–H groups in total. The fraction of sp³-hybridized carbons (Fsp3) is 0.706. The maximum Gasteiger partial charge on any atom is 0.234 e. The lowest BCUT2D eigenvalue weighted by molar-refractivity contribution is -0.129. The Morgan fingerprint density at radius 3 is 2.75 bits per heavy atom. The number of aromatic nitrogens is 2. The first-order chi connectivity index (χ1) is 11.3. The van der Waals surface area contributed by atoms with Crippen LogP contribution in [0.25, 0.3) is 0 Å². The first-order valence-corrected chi connectivity index (χ1v) is 8.58. The molecule has 0 radical (unpaired) electrons. The molecule has 1 aliphatic heterocycles. The van der Waals surface area contributed by atoms with Crippen LogP contribution in [0.1, 0.15) is 39.1 Å². The van der Waals surface area contributed by atoms with Gasteiger partial charge in [0.25, 0.3) is 0 Å². The van der Waals surface area contributed by atoms with Crippen molar-refractivity contribution in [3.63, 3.8) is 0 Å². The molecular formula is C17H29N5O2. The number of rotatable bonds is 7. The van der Waals surface area contributed by atoms with E-state index in [1.165, 1.54) is 0 Å². The molecule has 1 aromatic heterocycles. The molecule has 1 aromatic rings. The Morgan fingerprint density at radius 2 is 2.21 bits per heavy atom. The van der Waals surface area contributed by atoms with Crippen molar-refractivity contribution in [1.29, 1.82) is 0 Å². The van der Waals surface area contributed by atoms with E-state index in [2.05, 4.69) is 24.1 Å². The number of imidazole rings is 1. The molecular weight excluding hydrogens is 306 g/mol. The third-order valence-corrected chi connectivity index (χ3v) is 4.84. The Bertz CT molecular complexity index is 583. The first-order valence-electron chi connectivity index (χ1n) is 8.58. The summed E-state index contributed by atoms with van der Waals surface area (Å²) in [5.74, 6) is 1.05. The monoisotopic (exact) mass is 335 g/mol. The van der Waals surface area contributed by atoms with Gasteiger partial charge in [0, 0.05) is 50.9 Å². The molecule has 2 amide bonds. The second-order valence-electron chi connectivity index (χ2n) is 6.80. The van der Waals surface area contributed by atoms with Crippen molar-refractivity contribution in [3.05, 3.63) is 18.2 Å². The molecule has 1 saturated heterocycles. The summed E-state index contributed by atoms with van der Waals surface area (Å²) < 4.78 is 1.95. The molecule has 2 rings (SSSR count). The second-order valence-corrected chi connectivity index (χ2v) is 6.80.